The standard InChI is InChI=1S/C20H21BrN4O2S/c1-4-6-14-16(19(26)27-5-2)17(12-8-7-11(3)13(21)9-12)25-18(23)15(10-22)28-20(25)24-14/h7-9,17H,4-6,23H2,1-3H3/t17-/m0/s1. The summed E-state index contributed by atoms with van der Waals surface area (Å²) in [6.07, 6.45) is 1.47. The first-order valence-electron chi connectivity index (χ1n) is 9.04. The van der Waals surface area contributed by atoms with Crippen molar-refractivity contribution in [3.05, 3.63) is 55.8 Å². The molecule has 6 nitrogen and oxygen atoms in total. The number of amidine groups is 1. The van der Waals surface area contributed by atoms with E-state index in [0.717, 1.165) is 22.0 Å². The number of halogens is 1. The van der Waals surface area contributed by atoms with E-state index in [0.29, 0.717) is 33.6 Å². The second kappa shape index (κ2) is 8.41. The molecular weight excluding hydrogens is 440 g/mol. The summed E-state index contributed by atoms with van der Waals surface area (Å²) in [4.78, 5) is 19.8. The van der Waals surface area contributed by atoms with Gasteiger partial charge in [-0.25, -0.2) is 9.79 Å². The summed E-state index contributed by atoms with van der Waals surface area (Å²) >= 11 is 4.81. The molecule has 2 heterocycles. The number of nitriles is 1. The van der Waals surface area contributed by atoms with Crippen molar-refractivity contribution in [2.24, 2.45) is 10.7 Å². The van der Waals surface area contributed by atoms with Crippen molar-refractivity contribution < 1.29 is 9.53 Å². The van der Waals surface area contributed by atoms with Crippen molar-refractivity contribution in [2.75, 3.05) is 6.61 Å². The van der Waals surface area contributed by atoms with Crippen LogP contribution in [0.2, 0.25) is 0 Å². The number of hydrogen-bond donors (Lipinski definition) is 1. The number of hydrogen-bond acceptors (Lipinski definition) is 7. The lowest BCUT2D eigenvalue weighted by Crippen LogP contribution is -2.39. The highest BCUT2D eigenvalue weighted by atomic mass is 79.9. The van der Waals surface area contributed by atoms with Gasteiger partial charge in [-0.3, -0.25) is 4.90 Å². The summed E-state index contributed by atoms with van der Waals surface area (Å²) in [6, 6.07) is 7.57. The molecular formula is C20H21BrN4O2S. The predicted molar refractivity (Wildman–Crippen MR) is 114 cm³/mol. The van der Waals surface area contributed by atoms with Crippen LogP contribution in [0, 0.1) is 18.3 Å². The summed E-state index contributed by atoms with van der Waals surface area (Å²) in [6.45, 7) is 6.09. The maximum Gasteiger partial charge on any atom is 0.338 e. The number of allylic oxidation sites excluding steroid dienone is 2. The van der Waals surface area contributed by atoms with Crippen molar-refractivity contribution in [3.63, 3.8) is 0 Å². The number of aryl methyl sites for hydroxylation is 1. The molecule has 0 aliphatic carbocycles. The molecule has 0 amide bonds. The highest BCUT2D eigenvalue weighted by Gasteiger charge is 2.43. The van der Waals surface area contributed by atoms with Gasteiger partial charge >= 0.3 is 5.97 Å². The molecule has 0 saturated carbocycles. The van der Waals surface area contributed by atoms with Crippen LogP contribution in [0.15, 0.2) is 49.7 Å². The van der Waals surface area contributed by atoms with E-state index in [9.17, 15) is 10.1 Å². The normalized spacial score (nSPS) is 18.8. The zero-order chi connectivity index (χ0) is 20.4. The van der Waals surface area contributed by atoms with Crippen LogP contribution >= 0.6 is 27.7 Å². The number of carbonyl (C=O) groups excluding carboxylic acids is 1. The van der Waals surface area contributed by atoms with Crippen molar-refractivity contribution in [3.8, 4) is 6.07 Å². The molecule has 146 valence electrons. The highest BCUT2D eigenvalue weighted by Crippen LogP contribution is 2.46. The van der Waals surface area contributed by atoms with Gasteiger partial charge in [0.25, 0.3) is 0 Å². The molecule has 0 unspecified atom stereocenters. The van der Waals surface area contributed by atoms with Crippen LogP contribution in [-0.2, 0) is 9.53 Å². The second-order valence-corrected chi connectivity index (χ2v) is 8.27. The fourth-order valence-electron chi connectivity index (χ4n) is 3.23. The van der Waals surface area contributed by atoms with Gasteiger partial charge in [0.1, 0.15) is 16.8 Å². The topological polar surface area (TPSA) is 91.7 Å². The zero-order valence-electron chi connectivity index (χ0n) is 16.0. The van der Waals surface area contributed by atoms with Gasteiger partial charge in [0.2, 0.25) is 0 Å². The minimum absolute atomic E-state index is 0.270. The Morgan fingerprint density at radius 2 is 2.21 bits per heavy atom. The first-order chi connectivity index (χ1) is 13.4. The van der Waals surface area contributed by atoms with Gasteiger partial charge < -0.3 is 10.5 Å². The Bertz CT molecular complexity index is 961. The molecule has 0 radical (unpaired) electrons. The maximum absolute atomic E-state index is 12.9. The summed E-state index contributed by atoms with van der Waals surface area (Å²) in [5.74, 6) is -0.0936. The maximum atomic E-state index is 12.9. The number of esters is 1. The smallest absolute Gasteiger partial charge is 0.338 e. The molecule has 2 aliphatic rings. The first-order valence-corrected chi connectivity index (χ1v) is 10.7. The van der Waals surface area contributed by atoms with Crippen molar-refractivity contribution in [1.29, 1.82) is 5.26 Å². The minimum Gasteiger partial charge on any atom is -0.463 e. The number of rotatable bonds is 5. The van der Waals surface area contributed by atoms with Crippen LogP contribution < -0.4 is 5.73 Å². The number of aliphatic imine (C=N–C) groups is 1. The molecule has 2 aliphatic heterocycles. The summed E-state index contributed by atoms with van der Waals surface area (Å²) < 4.78 is 6.30. The molecule has 0 aromatic heterocycles. The summed E-state index contributed by atoms with van der Waals surface area (Å²) in [5.41, 5.74) is 9.42. The van der Waals surface area contributed by atoms with Gasteiger partial charge in [-0.05, 0) is 49.2 Å². The largest absolute Gasteiger partial charge is 0.463 e. The molecule has 0 spiro atoms. The van der Waals surface area contributed by atoms with Crippen LogP contribution in [0.3, 0.4) is 0 Å². The number of ether oxygens (including phenoxy) is 1. The van der Waals surface area contributed by atoms with Crippen LogP contribution in [0.4, 0.5) is 0 Å². The van der Waals surface area contributed by atoms with E-state index in [1.165, 1.54) is 11.8 Å². The average molecular weight is 461 g/mol. The van der Waals surface area contributed by atoms with Gasteiger partial charge in [-0.2, -0.15) is 5.26 Å². The second-order valence-electron chi connectivity index (χ2n) is 6.43. The lowest BCUT2D eigenvalue weighted by molar-refractivity contribution is -0.139. The Morgan fingerprint density at radius 3 is 2.82 bits per heavy atom. The Morgan fingerprint density at radius 1 is 1.46 bits per heavy atom. The number of nitrogens with two attached hydrogens (primary N) is 1. The Hall–Kier alpha value is -2.24. The molecule has 0 fully saturated rings. The van der Waals surface area contributed by atoms with Crippen LogP contribution in [0.25, 0.3) is 0 Å². The molecule has 8 heteroatoms. The Kier molecular flexibility index (Phi) is 6.16. The fourth-order valence-corrected chi connectivity index (χ4v) is 4.52. The van der Waals surface area contributed by atoms with Crippen LogP contribution in [0.1, 0.15) is 43.9 Å². The molecule has 1 aromatic carbocycles. The van der Waals surface area contributed by atoms with Gasteiger partial charge in [0.05, 0.1) is 23.9 Å². The number of thioether (sulfide) groups is 1. The Labute approximate surface area is 177 Å². The third-order valence-corrected chi connectivity index (χ3v) is 6.39. The Balaban J connectivity index is 2.24. The third-order valence-electron chi connectivity index (χ3n) is 4.56. The minimum atomic E-state index is -0.497. The molecule has 1 aromatic rings. The zero-order valence-corrected chi connectivity index (χ0v) is 18.4. The number of fused-ring (bicyclic) bond motifs is 1. The number of nitrogens with zero attached hydrogens (tertiary/aromatic N) is 3. The van der Waals surface area contributed by atoms with Crippen molar-refractivity contribution >= 4 is 38.8 Å². The fraction of sp³-hybridized carbons (Fsp3) is 0.350. The molecule has 3 rings (SSSR count). The van der Waals surface area contributed by atoms with E-state index < -0.39 is 12.0 Å². The van der Waals surface area contributed by atoms with E-state index in [4.69, 9.17) is 10.5 Å². The molecule has 0 bridgehead atoms. The van der Waals surface area contributed by atoms with E-state index in [1.54, 1.807) is 11.8 Å². The monoisotopic (exact) mass is 460 g/mol. The van der Waals surface area contributed by atoms with Gasteiger partial charge in [-0.15, -0.1) is 0 Å². The van der Waals surface area contributed by atoms with Crippen LogP contribution in [0.5, 0.6) is 0 Å². The molecule has 2 N–H and O–H groups in total. The summed E-state index contributed by atoms with van der Waals surface area (Å²) in [5, 5.41) is 10.1. The van der Waals surface area contributed by atoms with E-state index in [-0.39, 0.29) is 6.61 Å². The van der Waals surface area contributed by atoms with Crippen molar-refractivity contribution in [2.45, 2.75) is 39.7 Å². The SMILES string of the molecule is CCCC1=C(C(=O)OCC)[C@H](c2ccc(C)c(Br)c2)N2C(=N1)SC(C#N)=C2N. The van der Waals surface area contributed by atoms with Gasteiger partial charge in [0, 0.05) is 4.47 Å². The first kappa shape index (κ1) is 20.5. The van der Waals surface area contributed by atoms with Crippen molar-refractivity contribution in [1.82, 2.24) is 4.90 Å². The third kappa shape index (κ3) is 3.56. The lowest BCUT2D eigenvalue weighted by atomic mass is 9.92. The van der Waals surface area contributed by atoms with E-state index in [2.05, 4.69) is 27.0 Å². The summed E-state index contributed by atoms with van der Waals surface area (Å²) in [7, 11) is 0. The highest BCUT2D eigenvalue weighted by molar-refractivity contribution is 9.10. The molecule has 28 heavy (non-hydrogen) atoms. The van der Waals surface area contributed by atoms with Gasteiger partial charge in [-0.1, -0.05) is 41.4 Å². The van der Waals surface area contributed by atoms with E-state index in [1.807, 2.05) is 32.0 Å². The lowest BCUT2D eigenvalue weighted by Gasteiger charge is -2.35. The van der Waals surface area contributed by atoms with Crippen LogP contribution in [-0.4, -0.2) is 22.6 Å². The molecule has 1 atom stereocenters. The quantitative estimate of drug-likeness (QED) is 0.650. The van der Waals surface area contributed by atoms with Gasteiger partial charge in [0.15, 0.2) is 5.17 Å². The average Bonchev–Trinajstić information content (AvgIpc) is 2.99. The number of benzene rings is 1. The molecule has 0 saturated heterocycles. The number of carbonyl (C=O) groups is 1. The van der Waals surface area contributed by atoms with E-state index >= 15 is 0 Å². The predicted octanol–water partition coefficient (Wildman–Crippen LogP) is 4.49.